The van der Waals surface area contributed by atoms with Crippen molar-refractivity contribution in [2.45, 2.75) is 107 Å². The number of amides is 1. The molecule has 0 heterocycles. The Hall–Kier alpha value is -2.83. The topological polar surface area (TPSA) is 92.7 Å². The Labute approximate surface area is 245 Å². The SMILES string of the molecule is CC.CC(=O)c1ccc(-c2ccc(C)cc2)cc1.CC=O.CCCCC.CCCOCCC.CNC(=O)C(C)O. The maximum absolute atomic E-state index is 11.1. The van der Waals surface area contributed by atoms with Crippen molar-refractivity contribution in [2.24, 2.45) is 0 Å². The van der Waals surface area contributed by atoms with Crippen LogP contribution >= 0.6 is 0 Å². The zero-order valence-electron chi connectivity index (χ0n) is 27.3. The van der Waals surface area contributed by atoms with Crippen LogP contribution in [0.1, 0.15) is 110 Å². The van der Waals surface area contributed by atoms with Crippen LogP contribution in [0.3, 0.4) is 0 Å². The molecular formula is C34H59NO5. The molecule has 1 amide bonds. The molecule has 0 aliphatic carbocycles. The average Bonchev–Trinajstić information content (AvgIpc) is 2.96. The summed E-state index contributed by atoms with van der Waals surface area (Å²) in [5, 5.41) is 10.7. The third-order valence-electron chi connectivity index (χ3n) is 4.71. The molecule has 0 aliphatic rings. The molecule has 0 fully saturated rings. The van der Waals surface area contributed by atoms with Crippen LogP contribution < -0.4 is 5.32 Å². The zero-order chi connectivity index (χ0) is 31.8. The molecule has 0 spiro atoms. The minimum absolute atomic E-state index is 0.107. The number of rotatable bonds is 9. The predicted octanol–water partition coefficient (Wildman–Crippen LogP) is 8.23. The lowest BCUT2D eigenvalue weighted by Crippen LogP contribution is -2.28. The number of ketones is 1. The molecule has 0 aromatic heterocycles. The lowest BCUT2D eigenvalue weighted by atomic mass is 10.0. The Balaban J connectivity index is -0.000000228. The van der Waals surface area contributed by atoms with E-state index in [1.165, 1.54) is 51.3 Å². The van der Waals surface area contributed by atoms with Gasteiger partial charge < -0.3 is 20.0 Å². The summed E-state index contributed by atoms with van der Waals surface area (Å²) in [5.41, 5.74) is 4.34. The van der Waals surface area contributed by atoms with Gasteiger partial charge in [-0.05, 0) is 51.7 Å². The fraction of sp³-hybridized carbons (Fsp3) is 0.559. The largest absolute Gasteiger partial charge is 0.384 e. The highest BCUT2D eigenvalue weighted by atomic mass is 16.5. The summed E-state index contributed by atoms with van der Waals surface area (Å²) >= 11 is 0. The number of aldehydes is 1. The van der Waals surface area contributed by atoms with Crippen LogP contribution in [-0.4, -0.2) is 49.4 Å². The number of nitrogens with one attached hydrogen (secondary N) is 1. The number of carbonyl (C=O) groups excluding carboxylic acids is 3. The number of hydrogen-bond acceptors (Lipinski definition) is 5. The van der Waals surface area contributed by atoms with Crippen molar-refractivity contribution in [3.63, 3.8) is 0 Å². The second-order valence-electron chi connectivity index (χ2n) is 8.49. The van der Waals surface area contributed by atoms with Crippen molar-refractivity contribution in [3.05, 3.63) is 59.7 Å². The van der Waals surface area contributed by atoms with Gasteiger partial charge >= 0.3 is 0 Å². The van der Waals surface area contributed by atoms with E-state index < -0.39 is 6.10 Å². The van der Waals surface area contributed by atoms with Crippen LogP contribution in [0.15, 0.2) is 48.5 Å². The van der Waals surface area contributed by atoms with Gasteiger partial charge in [0.05, 0.1) is 0 Å². The van der Waals surface area contributed by atoms with E-state index in [1.54, 1.807) is 6.92 Å². The van der Waals surface area contributed by atoms with Crippen molar-refractivity contribution in [3.8, 4) is 11.1 Å². The van der Waals surface area contributed by atoms with Gasteiger partial charge in [-0.1, -0.05) is 115 Å². The molecule has 1 atom stereocenters. The number of aryl methyl sites for hydroxylation is 1. The van der Waals surface area contributed by atoms with Gasteiger partial charge in [-0.15, -0.1) is 0 Å². The van der Waals surface area contributed by atoms with Gasteiger partial charge in [-0.2, -0.15) is 0 Å². The number of unbranched alkanes of at least 4 members (excludes halogenated alkanes) is 2. The van der Waals surface area contributed by atoms with Crippen LogP contribution in [0.5, 0.6) is 0 Å². The first-order chi connectivity index (χ1) is 19.1. The van der Waals surface area contributed by atoms with Gasteiger partial charge in [0.25, 0.3) is 0 Å². The molecule has 0 saturated heterocycles. The fourth-order valence-corrected chi connectivity index (χ4v) is 2.60. The second-order valence-corrected chi connectivity index (χ2v) is 8.49. The summed E-state index contributed by atoms with van der Waals surface area (Å²) in [4.78, 5) is 30.1. The molecule has 40 heavy (non-hydrogen) atoms. The molecule has 0 radical (unpaired) electrons. The highest BCUT2D eigenvalue weighted by Gasteiger charge is 2.02. The first kappa shape index (κ1) is 44.2. The first-order valence-corrected chi connectivity index (χ1v) is 14.6. The Kier molecular flexibility index (Phi) is 37.8. The molecule has 0 bridgehead atoms. The molecule has 2 aromatic rings. The number of aliphatic hydroxyl groups is 1. The monoisotopic (exact) mass is 561 g/mol. The second kappa shape index (κ2) is 34.2. The number of Topliss-reactive ketones (excluding diaryl/α,β-unsaturated/α-hetero) is 1. The van der Waals surface area contributed by atoms with Gasteiger partial charge in [0.2, 0.25) is 5.91 Å². The molecule has 2 rings (SSSR count). The molecule has 1 unspecified atom stereocenters. The third-order valence-corrected chi connectivity index (χ3v) is 4.71. The number of benzene rings is 2. The maximum Gasteiger partial charge on any atom is 0.248 e. The molecule has 2 N–H and O–H groups in total. The summed E-state index contributed by atoms with van der Waals surface area (Å²) < 4.78 is 5.13. The fourth-order valence-electron chi connectivity index (χ4n) is 2.60. The lowest BCUT2D eigenvalue weighted by Gasteiger charge is -2.03. The van der Waals surface area contributed by atoms with Gasteiger partial charge in [0.1, 0.15) is 12.4 Å². The number of hydrogen-bond donors (Lipinski definition) is 2. The summed E-state index contributed by atoms with van der Waals surface area (Å²) in [6, 6.07) is 16.1. The van der Waals surface area contributed by atoms with Crippen molar-refractivity contribution in [1.29, 1.82) is 0 Å². The van der Waals surface area contributed by atoms with E-state index in [4.69, 9.17) is 14.6 Å². The first-order valence-electron chi connectivity index (χ1n) is 14.6. The molecular weight excluding hydrogens is 502 g/mol. The number of aliphatic hydroxyl groups excluding tert-OH is 1. The van der Waals surface area contributed by atoms with Crippen LogP contribution in [0.25, 0.3) is 11.1 Å². The minimum atomic E-state index is -0.884. The minimum Gasteiger partial charge on any atom is -0.384 e. The van der Waals surface area contributed by atoms with E-state index in [2.05, 4.69) is 64.2 Å². The molecule has 230 valence electrons. The van der Waals surface area contributed by atoms with Crippen molar-refractivity contribution in [2.75, 3.05) is 20.3 Å². The molecule has 6 heteroatoms. The number of carbonyl (C=O) groups is 3. The Morgan fingerprint density at radius 3 is 1.45 bits per heavy atom. The summed E-state index contributed by atoms with van der Waals surface area (Å²) in [7, 11) is 1.48. The van der Waals surface area contributed by atoms with E-state index in [0.29, 0.717) is 0 Å². The van der Waals surface area contributed by atoms with E-state index >= 15 is 0 Å². The normalized spacial score (nSPS) is 9.50. The Morgan fingerprint density at radius 1 is 0.850 bits per heavy atom. The van der Waals surface area contributed by atoms with E-state index in [9.17, 15) is 9.59 Å². The van der Waals surface area contributed by atoms with Crippen molar-refractivity contribution < 1.29 is 24.2 Å². The molecule has 0 aliphatic heterocycles. The molecule has 6 nitrogen and oxygen atoms in total. The van der Waals surface area contributed by atoms with Gasteiger partial charge in [0.15, 0.2) is 5.78 Å². The third kappa shape index (κ3) is 29.7. The van der Waals surface area contributed by atoms with Crippen LogP contribution in [0, 0.1) is 6.92 Å². The van der Waals surface area contributed by atoms with Gasteiger partial charge in [-0.25, -0.2) is 0 Å². The van der Waals surface area contributed by atoms with Gasteiger partial charge in [-0.3, -0.25) is 9.59 Å². The van der Waals surface area contributed by atoms with Crippen molar-refractivity contribution >= 4 is 18.0 Å². The quantitative estimate of drug-likeness (QED) is 0.183. The Bertz CT molecular complexity index is 809. The average molecular weight is 562 g/mol. The number of likely N-dealkylation sites (N-methyl/N-ethyl adjacent to an activating group) is 1. The van der Waals surface area contributed by atoms with E-state index in [0.717, 1.165) is 43.5 Å². The van der Waals surface area contributed by atoms with Crippen LogP contribution in [0.4, 0.5) is 0 Å². The zero-order valence-corrected chi connectivity index (χ0v) is 27.3. The lowest BCUT2D eigenvalue weighted by molar-refractivity contribution is -0.127. The van der Waals surface area contributed by atoms with E-state index in [1.807, 2.05) is 38.1 Å². The smallest absolute Gasteiger partial charge is 0.248 e. The summed E-state index contributed by atoms with van der Waals surface area (Å²) in [6.07, 6.45) is 6.22. The highest BCUT2D eigenvalue weighted by Crippen LogP contribution is 2.20. The molecule has 2 aromatic carbocycles. The number of ether oxygens (including phenoxy) is 1. The Morgan fingerprint density at radius 2 is 1.23 bits per heavy atom. The van der Waals surface area contributed by atoms with Gasteiger partial charge in [0, 0.05) is 25.8 Å². The maximum atomic E-state index is 11.1. The van der Waals surface area contributed by atoms with Crippen molar-refractivity contribution in [1.82, 2.24) is 5.32 Å². The molecule has 0 saturated carbocycles. The standard InChI is InChI=1S/C15H14O.C6H14O.C5H12.C4H9NO2.C2H4O.C2H6/c1-11-3-5-14(6-4-11)15-9-7-13(8-10-15)12(2)16;1-3-5-7-6-4-2;1-3-5-4-2;1-3(6)4(7)5-2;1-2-3;1-2/h3-10H,1-2H3;3-6H2,1-2H3;3-5H2,1-2H3;3,6H,1-2H3,(H,5,7);2H,1H3;1-2H3. The van der Waals surface area contributed by atoms with Crippen LogP contribution in [0.2, 0.25) is 0 Å². The predicted molar refractivity (Wildman–Crippen MR) is 172 cm³/mol. The summed E-state index contributed by atoms with van der Waals surface area (Å²) in [5.74, 6) is -0.240. The van der Waals surface area contributed by atoms with Crippen LogP contribution in [-0.2, 0) is 14.3 Å². The highest BCUT2D eigenvalue weighted by molar-refractivity contribution is 5.94. The summed E-state index contributed by atoms with van der Waals surface area (Å²) in [6.45, 7) is 21.0. The van der Waals surface area contributed by atoms with E-state index in [-0.39, 0.29) is 11.7 Å².